The first-order valence-electron chi connectivity index (χ1n) is 10.6. The van der Waals surface area contributed by atoms with Crippen LogP contribution < -0.4 is 9.62 Å². The molecule has 0 heterocycles. The van der Waals surface area contributed by atoms with E-state index in [-0.39, 0.29) is 31.3 Å². The molecule has 2 aromatic carbocycles. The van der Waals surface area contributed by atoms with Crippen molar-refractivity contribution in [3.63, 3.8) is 0 Å². The lowest BCUT2D eigenvalue weighted by molar-refractivity contribution is -0.140. The maximum Gasteiger partial charge on any atom is 0.242 e. The quantitative estimate of drug-likeness (QED) is 0.490. The number of rotatable bonds is 11. The van der Waals surface area contributed by atoms with Crippen LogP contribution in [0.1, 0.15) is 32.3 Å². The summed E-state index contributed by atoms with van der Waals surface area (Å²) in [6, 6.07) is 13.1. The Hall–Kier alpha value is -2.29. The highest BCUT2D eigenvalue weighted by Crippen LogP contribution is 2.24. The van der Waals surface area contributed by atoms with Crippen molar-refractivity contribution in [1.29, 1.82) is 0 Å². The molecular weight excluding hydrogens is 485 g/mol. The van der Waals surface area contributed by atoms with Gasteiger partial charge in [-0.1, -0.05) is 47.5 Å². The Morgan fingerprint density at radius 3 is 2.30 bits per heavy atom. The Morgan fingerprint density at radius 2 is 1.73 bits per heavy atom. The summed E-state index contributed by atoms with van der Waals surface area (Å²) < 4.78 is 25.8. The van der Waals surface area contributed by atoms with Gasteiger partial charge in [-0.2, -0.15) is 0 Å². The van der Waals surface area contributed by atoms with E-state index in [1.165, 1.54) is 9.21 Å². The zero-order valence-corrected chi connectivity index (χ0v) is 21.3. The van der Waals surface area contributed by atoms with Crippen molar-refractivity contribution in [1.82, 2.24) is 10.2 Å². The first-order chi connectivity index (χ1) is 15.5. The van der Waals surface area contributed by atoms with E-state index >= 15 is 0 Å². The van der Waals surface area contributed by atoms with Crippen LogP contribution in [0.4, 0.5) is 5.69 Å². The van der Waals surface area contributed by atoms with E-state index in [4.69, 9.17) is 23.2 Å². The molecule has 0 aliphatic rings. The molecule has 0 spiro atoms. The Bertz CT molecular complexity index is 1060. The van der Waals surface area contributed by atoms with Gasteiger partial charge in [0.05, 0.1) is 22.0 Å². The van der Waals surface area contributed by atoms with Crippen molar-refractivity contribution in [2.75, 3.05) is 23.7 Å². The highest BCUT2D eigenvalue weighted by Gasteiger charge is 2.26. The number of hydrogen-bond acceptors (Lipinski definition) is 4. The van der Waals surface area contributed by atoms with Gasteiger partial charge in [0.2, 0.25) is 21.8 Å². The van der Waals surface area contributed by atoms with E-state index in [1.54, 1.807) is 62.4 Å². The van der Waals surface area contributed by atoms with Gasteiger partial charge in [0, 0.05) is 26.1 Å². The lowest BCUT2D eigenvalue weighted by Crippen LogP contribution is -2.47. The van der Waals surface area contributed by atoms with Crippen LogP contribution in [0, 0.1) is 0 Å². The van der Waals surface area contributed by atoms with Crippen molar-refractivity contribution in [2.24, 2.45) is 0 Å². The lowest BCUT2D eigenvalue weighted by Gasteiger charge is -2.29. The van der Waals surface area contributed by atoms with Gasteiger partial charge in [-0.25, -0.2) is 8.42 Å². The molecule has 2 amide bonds. The Kier molecular flexibility index (Phi) is 10.0. The molecule has 180 valence electrons. The zero-order chi connectivity index (χ0) is 24.6. The molecular formula is C23H29Cl2N3O4S. The molecule has 2 rings (SSSR count). The third kappa shape index (κ3) is 7.91. The fourth-order valence-corrected chi connectivity index (χ4v) is 4.62. The number of anilines is 1. The van der Waals surface area contributed by atoms with Crippen molar-refractivity contribution in [3.8, 4) is 0 Å². The molecule has 10 heteroatoms. The van der Waals surface area contributed by atoms with E-state index in [2.05, 4.69) is 5.32 Å². The molecule has 0 bridgehead atoms. The number of likely N-dealkylation sites (N-methyl/N-ethyl adjacent to an activating group) is 1. The Balaban J connectivity index is 2.16. The van der Waals surface area contributed by atoms with E-state index in [0.29, 0.717) is 28.7 Å². The van der Waals surface area contributed by atoms with Crippen LogP contribution in [0.2, 0.25) is 10.0 Å². The summed E-state index contributed by atoms with van der Waals surface area (Å²) in [4.78, 5) is 27.1. The minimum absolute atomic E-state index is 0.0733. The summed E-state index contributed by atoms with van der Waals surface area (Å²) >= 11 is 12.1. The van der Waals surface area contributed by atoms with Gasteiger partial charge >= 0.3 is 0 Å². The standard InChI is InChI=1S/C23H29Cl2N3O4S/c1-4-26-23(30)17(2)27(16-18-12-13-20(24)21(25)15-18)22(29)11-8-14-28(33(3,31)32)19-9-6-5-7-10-19/h5-7,9-10,12-13,15,17H,4,8,11,14,16H2,1-3H3,(H,26,30)/t17-/m0/s1. The number of hydrogen-bond donors (Lipinski definition) is 1. The van der Waals surface area contributed by atoms with E-state index in [0.717, 1.165) is 11.8 Å². The molecule has 1 atom stereocenters. The van der Waals surface area contributed by atoms with Crippen LogP contribution in [-0.4, -0.2) is 50.5 Å². The largest absolute Gasteiger partial charge is 0.355 e. The van der Waals surface area contributed by atoms with Gasteiger partial charge in [0.25, 0.3) is 0 Å². The summed E-state index contributed by atoms with van der Waals surface area (Å²) in [7, 11) is -3.51. The van der Waals surface area contributed by atoms with Gasteiger partial charge in [-0.15, -0.1) is 0 Å². The van der Waals surface area contributed by atoms with Gasteiger partial charge in [-0.05, 0) is 50.1 Å². The number of carbonyl (C=O) groups is 2. The second kappa shape index (κ2) is 12.3. The third-order valence-corrected chi connectivity index (χ3v) is 6.98. The van der Waals surface area contributed by atoms with Crippen LogP contribution in [-0.2, 0) is 26.2 Å². The number of carbonyl (C=O) groups excluding carboxylic acids is 2. The van der Waals surface area contributed by atoms with Crippen LogP contribution in [0.15, 0.2) is 48.5 Å². The molecule has 0 aliphatic carbocycles. The van der Waals surface area contributed by atoms with Gasteiger partial charge in [0.15, 0.2) is 0 Å². The second-order valence-electron chi connectivity index (χ2n) is 7.61. The normalized spacial score (nSPS) is 12.2. The minimum atomic E-state index is -3.51. The van der Waals surface area contributed by atoms with Crippen molar-refractivity contribution in [3.05, 3.63) is 64.1 Å². The van der Waals surface area contributed by atoms with Crippen LogP contribution >= 0.6 is 23.2 Å². The maximum atomic E-state index is 13.1. The summed E-state index contributed by atoms with van der Waals surface area (Å²) in [5.74, 6) is -0.533. The molecule has 0 radical (unpaired) electrons. The van der Waals surface area contributed by atoms with Crippen LogP contribution in [0.25, 0.3) is 0 Å². The summed E-state index contributed by atoms with van der Waals surface area (Å²) in [6.45, 7) is 4.22. The predicted octanol–water partition coefficient (Wildman–Crippen LogP) is 4.09. The summed E-state index contributed by atoms with van der Waals surface area (Å²) in [6.07, 6.45) is 1.50. The molecule has 33 heavy (non-hydrogen) atoms. The summed E-state index contributed by atoms with van der Waals surface area (Å²) in [5, 5.41) is 3.50. The average Bonchev–Trinajstić information content (AvgIpc) is 2.76. The van der Waals surface area contributed by atoms with Crippen LogP contribution in [0.5, 0.6) is 0 Å². The van der Waals surface area contributed by atoms with Gasteiger partial charge in [0.1, 0.15) is 6.04 Å². The van der Waals surface area contributed by atoms with Crippen molar-refractivity contribution < 1.29 is 18.0 Å². The van der Waals surface area contributed by atoms with E-state index in [9.17, 15) is 18.0 Å². The highest BCUT2D eigenvalue weighted by atomic mass is 35.5. The number of halogens is 2. The van der Waals surface area contributed by atoms with Gasteiger partial charge in [-0.3, -0.25) is 13.9 Å². The number of para-hydroxylation sites is 1. The van der Waals surface area contributed by atoms with E-state index < -0.39 is 16.1 Å². The SMILES string of the molecule is CCNC(=O)[C@H](C)N(Cc1ccc(Cl)c(Cl)c1)C(=O)CCCN(c1ccccc1)S(C)(=O)=O. The molecule has 0 aliphatic heterocycles. The number of benzene rings is 2. The van der Waals surface area contributed by atoms with Gasteiger partial charge < -0.3 is 10.2 Å². The zero-order valence-electron chi connectivity index (χ0n) is 18.9. The molecule has 1 N–H and O–H groups in total. The third-order valence-electron chi connectivity index (χ3n) is 5.05. The number of amides is 2. The fraction of sp³-hybridized carbons (Fsp3) is 0.391. The molecule has 0 aromatic heterocycles. The van der Waals surface area contributed by atoms with Crippen molar-refractivity contribution in [2.45, 2.75) is 39.3 Å². The number of sulfonamides is 1. The number of nitrogens with one attached hydrogen (secondary N) is 1. The maximum absolute atomic E-state index is 13.1. The minimum Gasteiger partial charge on any atom is -0.355 e. The van der Waals surface area contributed by atoms with Crippen molar-refractivity contribution >= 4 is 50.7 Å². The highest BCUT2D eigenvalue weighted by molar-refractivity contribution is 7.92. The van der Waals surface area contributed by atoms with Crippen LogP contribution in [0.3, 0.4) is 0 Å². The first kappa shape index (κ1) is 27.0. The van der Waals surface area contributed by atoms with E-state index in [1.807, 2.05) is 0 Å². The fourth-order valence-electron chi connectivity index (χ4n) is 3.34. The Labute approximate surface area is 205 Å². The molecule has 0 unspecified atom stereocenters. The second-order valence-corrected chi connectivity index (χ2v) is 10.3. The smallest absolute Gasteiger partial charge is 0.242 e. The predicted molar refractivity (Wildman–Crippen MR) is 133 cm³/mol. The molecule has 0 saturated carbocycles. The molecule has 2 aromatic rings. The summed E-state index contributed by atoms with van der Waals surface area (Å²) in [5.41, 5.74) is 1.27. The average molecular weight is 514 g/mol. The first-order valence-corrected chi connectivity index (χ1v) is 13.2. The lowest BCUT2D eigenvalue weighted by atomic mass is 10.1. The monoisotopic (exact) mass is 513 g/mol. The molecule has 0 fully saturated rings. The topological polar surface area (TPSA) is 86.8 Å². The molecule has 7 nitrogen and oxygen atoms in total. The molecule has 0 saturated heterocycles. The number of nitrogens with zero attached hydrogens (tertiary/aromatic N) is 2. The Morgan fingerprint density at radius 1 is 1.06 bits per heavy atom.